The maximum atomic E-state index is 14.6. The Morgan fingerprint density at radius 3 is 2.21 bits per heavy atom. The van der Waals surface area contributed by atoms with Crippen molar-refractivity contribution in [2.24, 2.45) is 23.7 Å². The number of methoxy groups -OCH3 is 1. The number of hydrogen-bond donors (Lipinski definition) is 6. The van der Waals surface area contributed by atoms with Gasteiger partial charge in [-0.2, -0.15) is 0 Å². The van der Waals surface area contributed by atoms with E-state index in [9.17, 15) is 47.9 Å². The Kier molecular flexibility index (Phi) is 22.5. The molecule has 3 saturated heterocycles. The monoisotopic (exact) mass is 1100 g/mol. The number of carbonyl (C=O) groups excluding carboxylic acids is 2. The van der Waals surface area contributed by atoms with Crippen molar-refractivity contribution in [1.82, 2.24) is 15.1 Å². The summed E-state index contributed by atoms with van der Waals surface area (Å²) in [5.74, 6) is -4.22. The molecule has 19 atom stereocenters. The standard InChI is InChI=1S/C52H88Cl2FN3O14S/c1-15-40-51(10,65)43(60)33(6)58(12)28-29(2)25-49(8,64)45(31(4)41(32(5)46(62)71-40)39-26-50(9,68-13)44(61)34(7)70-39)72-47-42(59)38(23-30(3)69-47)57(11)22-16-21-52(53,54)48(63)56-36(27-55)24-35-17-19-37(20-18-35)73(14,66)67/h17-20,29-34,36,38-45,47,59-61,64-65H,15-16,21-28H2,1-14H3,(H,56,63)/t29-,30-,31+,32-,33-,34+,36+,38+,39-,40-,41?,42-,43-,44+,45-,47+,49-,50-,51-/m1/s1. The van der Waals surface area contributed by atoms with E-state index in [0.29, 0.717) is 25.1 Å². The lowest BCUT2D eigenvalue weighted by atomic mass is 9.68. The van der Waals surface area contributed by atoms with Crippen molar-refractivity contribution in [2.45, 2.75) is 213 Å². The normalized spacial score (nSPS) is 39.5. The molecule has 1 amide bonds. The number of hydrogen-bond acceptors (Lipinski definition) is 16. The van der Waals surface area contributed by atoms with Crippen LogP contribution in [0.2, 0.25) is 0 Å². The van der Waals surface area contributed by atoms with Gasteiger partial charge in [0.1, 0.15) is 36.7 Å². The van der Waals surface area contributed by atoms with Crippen LogP contribution in [0.15, 0.2) is 29.2 Å². The van der Waals surface area contributed by atoms with Gasteiger partial charge in [-0.05, 0) is 130 Å². The highest BCUT2D eigenvalue weighted by atomic mass is 35.5. The number of ether oxygens (including phenoxy) is 5. The van der Waals surface area contributed by atoms with E-state index >= 15 is 0 Å². The van der Waals surface area contributed by atoms with Crippen LogP contribution in [0.4, 0.5) is 4.39 Å². The molecule has 0 aliphatic carbocycles. The molecule has 0 aromatic heterocycles. The van der Waals surface area contributed by atoms with Crippen LogP contribution in [0.1, 0.15) is 113 Å². The maximum absolute atomic E-state index is 14.6. The number of cyclic esters (lactones) is 1. The van der Waals surface area contributed by atoms with Gasteiger partial charge in [0.2, 0.25) is 0 Å². The van der Waals surface area contributed by atoms with Gasteiger partial charge in [-0.15, -0.1) is 0 Å². The van der Waals surface area contributed by atoms with E-state index in [1.165, 1.54) is 26.2 Å². The Bertz CT molecular complexity index is 2060. The fourth-order valence-corrected chi connectivity index (χ4v) is 12.6. The number of carbonyl (C=O) groups is 2. The third-order valence-corrected chi connectivity index (χ3v) is 18.0. The molecular weight excluding hydrogens is 1010 g/mol. The van der Waals surface area contributed by atoms with Gasteiger partial charge in [0.25, 0.3) is 5.91 Å². The van der Waals surface area contributed by atoms with Crippen LogP contribution in [0, 0.1) is 23.7 Å². The summed E-state index contributed by atoms with van der Waals surface area (Å²) < 4.78 is 68.0. The van der Waals surface area contributed by atoms with Gasteiger partial charge in [-0.3, -0.25) is 9.59 Å². The molecule has 1 aromatic rings. The van der Waals surface area contributed by atoms with Crippen molar-refractivity contribution in [3.8, 4) is 0 Å². The molecule has 422 valence electrons. The molecule has 73 heavy (non-hydrogen) atoms. The Morgan fingerprint density at radius 2 is 1.64 bits per heavy atom. The fraction of sp³-hybridized carbons (Fsp3) is 0.846. The highest BCUT2D eigenvalue weighted by Gasteiger charge is 2.55. The van der Waals surface area contributed by atoms with Gasteiger partial charge in [-0.25, -0.2) is 12.8 Å². The molecule has 1 unspecified atom stereocenters. The van der Waals surface area contributed by atoms with Crippen LogP contribution < -0.4 is 5.32 Å². The lowest BCUT2D eigenvalue weighted by Crippen LogP contribution is -2.62. The van der Waals surface area contributed by atoms with E-state index in [4.69, 9.17) is 46.9 Å². The molecule has 0 bridgehead atoms. The van der Waals surface area contributed by atoms with Crippen molar-refractivity contribution in [3.05, 3.63) is 29.8 Å². The number of amides is 1. The third kappa shape index (κ3) is 15.7. The number of aliphatic hydroxyl groups is 5. The molecule has 3 fully saturated rings. The van der Waals surface area contributed by atoms with E-state index in [0.717, 1.165) is 6.26 Å². The summed E-state index contributed by atoms with van der Waals surface area (Å²) in [5, 5.41) is 62.6. The second-order valence-corrected chi connectivity index (χ2v) is 26.0. The molecule has 0 radical (unpaired) electrons. The largest absolute Gasteiger partial charge is 0.459 e. The minimum Gasteiger partial charge on any atom is -0.459 e. The number of nitrogens with zero attached hydrogens (tertiary/aromatic N) is 2. The van der Waals surface area contributed by atoms with E-state index < -0.39 is 141 Å². The first kappa shape index (κ1) is 63.7. The van der Waals surface area contributed by atoms with Crippen LogP contribution in [-0.2, 0) is 49.5 Å². The quantitative estimate of drug-likeness (QED) is 0.0981. The number of likely N-dealkylation sites (N-methyl/N-ethyl adjacent to an activating group) is 2. The summed E-state index contributed by atoms with van der Waals surface area (Å²) in [7, 11) is 1.69. The molecule has 3 aliphatic rings. The average Bonchev–Trinajstić information content (AvgIpc) is 3.30. The van der Waals surface area contributed by atoms with Gasteiger partial charge in [-0.1, -0.05) is 63.0 Å². The van der Waals surface area contributed by atoms with E-state index in [2.05, 4.69) is 5.32 Å². The number of alkyl halides is 3. The Labute approximate surface area is 444 Å². The zero-order valence-electron chi connectivity index (χ0n) is 45.5. The van der Waals surface area contributed by atoms with Crippen LogP contribution in [-0.4, -0.2) is 197 Å². The van der Waals surface area contributed by atoms with Crippen LogP contribution in [0.3, 0.4) is 0 Å². The zero-order chi connectivity index (χ0) is 55.3. The van der Waals surface area contributed by atoms with Crippen molar-refractivity contribution in [3.63, 3.8) is 0 Å². The average molecular weight is 1100 g/mol. The first-order valence-electron chi connectivity index (χ1n) is 25.8. The minimum absolute atomic E-state index is 0.0315. The number of benzene rings is 1. The predicted octanol–water partition coefficient (Wildman–Crippen LogP) is 4.60. The Balaban J connectivity index is 1.63. The van der Waals surface area contributed by atoms with E-state index in [1.54, 1.807) is 60.7 Å². The number of sulfone groups is 1. The second-order valence-electron chi connectivity index (χ2n) is 22.5. The van der Waals surface area contributed by atoms with Gasteiger partial charge in [0, 0.05) is 44.3 Å². The maximum Gasteiger partial charge on any atom is 0.309 e. The molecule has 3 heterocycles. The van der Waals surface area contributed by atoms with Gasteiger partial charge < -0.3 is 64.3 Å². The van der Waals surface area contributed by atoms with Crippen LogP contribution >= 0.6 is 23.2 Å². The molecule has 21 heteroatoms. The fourth-order valence-electron chi connectivity index (χ4n) is 11.6. The molecule has 3 aliphatic heterocycles. The zero-order valence-corrected chi connectivity index (χ0v) is 47.8. The lowest BCUT2D eigenvalue weighted by Gasteiger charge is -2.51. The molecular formula is C52H88Cl2FN3O14S. The molecule has 1 aromatic carbocycles. The van der Waals surface area contributed by atoms with Crippen molar-refractivity contribution < 1.29 is 71.6 Å². The second kappa shape index (κ2) is 25.8. The summed E-state index contributed by atoms with van der Waals surface area (Å²) in [5.41, 5.74) is -4.01. The minimum atomic E-state index is -3.43. The molecule has 17 nitrogen and oxygen atoms in total. The van der Waals surface area contributed by atoms with Crippen molar-refractivity contribution in [1.29, 1.82) is 0 Å². The highest BCUT2D eigenvalue weighted by molar-refractivity contribution is 7.90. The summed E-state index contributed by atoms with van der Waals surface area (Å²) in [6.07, 6.45) is -6.88. The molecule has 0 spiro atoms. The summed E-state index contributed by atoms with van der Waals surface area (Å²) in [6.45, 7) is 17.3. The van der Waals surface area contributed by atoms with Crippen LogP contribution in [0.25, 0.3) is 0 Å². The lowest BCUT2D eigenvalue weighted by molar-refractivity contribution is -0.303. The van der Waals surface area contributed by atoms with Crippen molar-refractivity contribution >= 4 is 44.9 Å². The summed E-state index contributed by atoms with van der Waals surface area (Å²) >= 11 is 13.2. The molecule has 0 saturated carbocycles. The van der Waals surface area contributed by atoms with Crippen molar-refractivity contribution in [2.75, 3.05) is 47.2 Å². The Hall–Kier alpha value is -1.82. The van der Waals surface area contributed by atoms with E-state index in [-0.39, 0.29) is 49.3 Å². The molecule has 4 rings (SSSR count). The van der Waals surface area contributed by atoms with Crippen LogP contribution in [0.5, 0.6) is 0 Å². The number of aliphatic hydroxyl groups excluding tert-OH is 3. The number of esters is 1. The topological polar surface area (TPSA) is 234 Å². The number of nitrogens with one attached hydrogen (secondary N) is 1. The third-order valence-electron chi connectivity index (χ3n) is 16.2. The Morgan fingerprint density at radius 1 is 1.03 bits per heavy atom. The SMILES string of the molecule is CC[C@H]1OC(=O)[C@H](C)C([C@H]2C[C@@](C)(OC)[C@@H](O)[C@H](C)O2)[C@H](C)[C@@H](O[C@@H]2O[C@H](C)C[C@H](N(C)CCCC(Cl)(Cl)C(=O)N[C@H](CF)Cc3ccc(S(C)(=O)=O)cc3)[C@H]2O)[C@](C)(O)C[C@@H](C)CN(C)[C@H](C)[C@@H](O)[C@]1(C)O. The summed E-state index contributed by atoms with van der Waals surface area (Å²) in [4.78, 5) is 31.8. The predicted molar refractivity (Wildman–Crippen MR) is 277 cm³/mol. The van der Waals surface area contributed by atoms with E-state index in [1.807, 2.05) is 37.6 Å². The van der Waals surface area contributed by atoms with Gasteiger partial charge in [0.05, 0.1) is 52.5 Å². The first-order chi connectivity index (χ1) is 33.6. The highest BCUT2D eigenvalue weighted by Crippen LogP contribution is 2.45. The number of halogens is 3. The number of rotatable bonds is 16. The van der Waals surface area contributed by atoms with Gasteiger partial charge >= 0.3 is 5.97 Å². The smallest absolute Gasteiger partial charge is 0.309 e. The molecule has 6 N–H and O–H groups in total. The summed E-state index contributed by atoms with van der Waals surface area (Å²) in [6, 6.07) is 3.80. The first-order valence-corrected chi connectivity index (χ1v) is 28.4. The van der Waals surface area contributed by atoms with Gasteiger partial charge in [0.15, 0.2) is 20.5 Å².